The number of piperidine rings is 1. The van der Waals surface area contributed by atoms with E-state index in [2.05, 4.69) is 4.98 Å². The van der Waals surface area contributed by atoms with Gasteiger partial charge in [0.1, 0.15) is 11.5 Å². The number of methoxy groups -OCH3 is 2. The molecular formula is C23H27N3O4. The number of rotatable bonds is 5. The van der Waals surface area contributed by atoms with Crippen LogP contribution in [-0.2, 0) is 9.59 Å². The van der Waals surface area contributed by atoms with E-state index in [1.54, 1.807) is 37.4 Å². The van der Waals surface area contributed by atoms with Crippen molar-refractivity contribution in [2.75, 3.05) is 32.2 Å². The molecule has 0 bridgehead atoms. The highest BCUT2D eigenvalue weighted by molar-refractivity contribution is 6.01. The van der Waals surface area contributed by atoms with Crippen LogP contribution in [0.4, 0.5) is 5.69 Å². The number of nitrogens with zero attached hydrogens (tertiary/aromatic N) is 3. The van der Waals surface area contributed by atoms with Gasteiger partial charge >= 0.3 is 0 Å². The highest BCUT2D eigenvalue weighted by Crippen LogP contribution is 2.38. The first-order valence-corrected chi connectivity index (χ1v) is 10.3. The smallest absolute Gasteiger partial charge is 0.228 e. The normalized spacial score (nSPS) is 21.6. The van der Waals surface area contributed by atoms with Gasteiger partial charge in [-0.3, -0.25) is 14.6 Å². The first-order valence-electron chi connectivity index (χ1n) is 10.3. The minimum atomic E-state index is -0.360. The van der Waals surface area contributed by atoms with Crippen LogP contribution >= 0.6 is 0 Å². The summed E-state index contributed by atoms with van der Waals surface area (Å²) in [6.45, 7) is 1.07. The van der Waals surface area contributed by atoms with Crippen LogP contribution in [-0.4, -0.2) is 49.0 Å². The highest BCUT2D eigenvalue weighted by Gasteiger charge is 2.40. The zero-order valence-corrected chi connectivity index (χ0v) is 17.4. The third kappa shape index (κ3) is 3.84. The van der Waals surface area contributed by atoms with E-state index in [1.807, 2.05) is 29.3 Å². The largest absolute Gasteiger partial charge is 0.497 e. The number of anilines is 1. The van der Waals surface area contributed by atoms with Gasteiger partial charge in [0.15, 0.2) is 0 Å². The lowest BCUT2D eigenvalue weighted by molar-refractivity contribution is -0.139. The van der Waals surface area contributed by atoms with E-state index < -0.39 is 0 Å². The molecule has 2 aromatic rings. The number of hydrogen-bond donors (Lipinski definition) is 0. The Kier molecular flexibility index (Phi) is 5.88. The van der Waals surface area contributed by atoms with Crippen molar-refractivity contribution >= 4 is 17.5 Å². The van der Waals surface area contributed by atoms with Crippen molar-refractivity contribution in [3.63, 3.8) is 0 Å². The number of likely N-dealkylation sites (tertiary alicyclic amines) is 1. The predicted molar refractivity (Wildman–Crippen MR) is 113 cm³/mol. The van der Waals surface area contributed by atoms with Crippen LogP contribution < -0.4 is 14.4 Å². The van der Waals surface area contributed by atoms with E-state index in [0.29, 0.717) is 23.7 Å². The fourth-order valence-electron chi connectivity index (χ4n) is 4.46. The summed E-state index contributed by atoms with van der Waals surface area (Å²) in [5, 5.41) is 0. The summed E-state index contributed by atoms with van der Waals surface area (Å²) in [5.74, 6) is 0.838. The number of carbonyl (C=O) groups excluding carboxylic acids is 2. The van der Waals surface area contributed by atoms with Crippen molar-refractivity contribution in [3.05, 3.63) is 48.3 Å². The first-order chi connectivity index (χ1) is 14.6. The molecule has 158 valence electrons. The number of benzene rings is 1. The minimum Gasteiger partial charge on any atom is -0.497 e. The lowest BCUT2D eigenvalue weighted by Gasteiger charge is -2.37. The van der Waals surface area contributed by atoms with E-state index in [-0.39, 0.29) is 30.2 Å². The molecule has 2 aliphatic heterocycles. The Labute approximate surface area is 176 Å². The lowest BCUT2D eigenvalue weighted by atomic mass is 9.94. The Hall–Kier alpha value is -3.09. The molecule has 3 heterocycles. The van der Waals surface area contributed by atoms with Crippen molar-refractivity contribution < 1.29 is 19.1 Å². The number of pyridine rings is 1. The highest BCUT2D eigenvalue weighted by atomic mass is 16.5. The first kappa shape index (κ1) is 20.2. The van der Waals surface area contributed by atoms with Crippen LogP contribution in [0.5, 0.6) is 11.5 Å². The van der Waals surface area contributed by atoms with Crippen LogP contribution in [0.25, 0.3) is 0 Å². The van der Waals surface area contributed by atoms with E-state index in [9.17, 15) is 9.59 Å². The SMILES string of the molecule is COc1ccc(N2CC(C(=O)N3CCCC[C@@H]3c3cccnc3)CC2=O)c(OC)c1. The average Bonchev–Trinajstić information content (AvgIpc) is 3.20. The maximum absolute atomic E-state index is 13.4. The van der Waals surface area contributed by atoms with Gasteiger partial charge in [-0.1, -0.05) is 6.07 Å². The molecule has 1 aromatic heterocycles. The molecule has 0 radical (unpaired) electrons. The van der Waals surface area contributed by atoms with E-state index >= 15 is 0 Å². The molecule has 2 amide bonds. The summed E-state index contributed by atoms with van der Waals surface area (Å²) in [7, 11) is 3.15. The van der Waals surface area contributed by atoms with E-state index in [0.717, 1.165) is 31.4 Å². The second-order valence-corrected chi connectivity index (χ2v) is 7.77. The van der Waals surface area contributed by atoms with Gasteiger partial charge in [0, 0.05) is 38.0 Å². The Morgan fingerprint density at radius 1 is 1.17 bits per heavy atom. The van der Waals surface area contributed by atoms with Gasteiger partial charge in [0.25, 0.3) is 0 Å². The van der Waals surface area contributed by atoms with Gasteiger partial charge in [-0.05, 0) is 43.0 Å². The number of carbonyl (C=O) groups is 2. The Morgan fingerprint density at radius 3 is 2.77 bits per heavy atom. The summed E-state index contributed by atoms with van der Waals surface area (Å²) >= 11 is 0. The molecule has 4 rings (SSSR count). The molecule has 2 atom stereocenters. The van der Waals surface area contributed by atoms with E-state index in [1.165, 1.54) is 0 Å². The maximum Gasteiger partial charge on any atom is 0.228 e. The maximum atomic E-state index is 13.4. The van der Waals surface area contributed by atoms with Gasteiger partial charge in [-0.25, -0.2) is 0 Å². The standard InChI is InChI=1S/C23H27N3O4/c1-29-18-8-9-20(21(13-18)30-2)26-15-17(12-22(26)27)23(28)25-11-4-3-7-19(25)16-6-5-10-24-14-16/h5-6,8-10,13-14,17,19H,3-4,7,11-12,15H2,1-2H3/t17?,19-/m1/s1. The molecule has 30 heavy (non-hydrogen) atoms. The number of ether oxygens (including phenoxy) is 2. The second kappa shape index (κ2) is 8.73. The van der Waals surface area contributed by atoms with Gasteiger partial charge in [-0.2, -0.15) is 0 Å². The molecule has 0 saturated carbocycles. The Bertz CT molecular complexity index is 918. The minimum absolute atomic E-state index is 0.0274. The van der Waals surface area contributed by atoms with Crippen LogP contribution in [0.3, 0.4) is 0 Å². The van der Waals surface area contributed by atoms with Crippen molar-refractivity contribution in [2.24, 2.45) is 5.92 Å². The lowest BCUT2D eigenvalue weighted by Crippen LogP contribution is -2.42. The predicted octanol–water partition coefficient (Wildman–Crippen LogP) is 3.21. The third-order valence-corrected chi connectivity index (χ3v) is 6.01. The molecule has 7 heteroatoms. The topological polar surface area (TPSA) is 72.0 Å². The average molecular weight is 409 g/mol. The summed E-state index contributed by atoms with van der Waals surface area (Å²) in [6, 6.07) is 9.31. The second-order valence-electron chi connectivity index (χ2n) is 7.77. The Morgan fingerprint density at radius 2 is 2.03 bits per heavy atom. The fraction of sp³-hybridized carbons (Fsp3) is 0.435. The molecule has 1 aromatic carbocycles. The van der Waals surface area contributed by atoms with Gasteiger partial charge in [0.05, 0.1) is 31.9 Å². The van der Waals surface area contributed by atoms with Gasteiger partial charge in [0.2, 0.25) is 11.8 Å². The molecule has 2 aliphatic rings. The van der Waals surface area contributed by atoms with Gasteiger partial charge in [-0.15, -0.1) is 0 Å². The quantitative estimate of drug-likeness (QED) is 0.758. The molecule has 0 N–H and O–H groups in total. The van der Waals surface area contributed by atoms with Crippen LogP contribution in [0.2, 0.25) is 0 Å². The van der Waals surface area contributed by atoms with Crippen molar-refractivity contribution in [1.29, 1.82) is 0 Å². The molecule has 2 saturated heterocycles. The monoisotopic (exact) mass is 409 g/mol. The molecular weight excluding hydrogens is 382 g/mol. The number of amides is 2. The molecule has 1 unspecified atom stereocenters. The van der Waals surface area contributed by atoms with Crippen LogP contribution in [0, 0.1) is 5.92 Å². The fourth-order valence-corrected chi connectivity index (χ4v) is 4.46. The molecule has 0 spiro atoms. The molecule has 0 aliphatic carbocycles. The van der Waals surface area contributed by atoms with Crippen molar-refractivity contribution in [3.8, 4) is 11.5 Å². The molecule has 7 nitrogen and oxygen atoms in total. The van der Waals surface area contributed by atoms with Crippen molar-refractivity contribution in [2.45, 2.75) is 31.7 Å². The van der Waals surface area contributed by atoms with Crippen LogP contribution in [0.15, 0.2) is 42.7 Å². The summed E-state index contributed by atoms with van der Waals surface area (Å²) in [5.41, 5.74) is 1.73. The third-order valence-electron chi connectivity index (χ3n) is 6.01. The Balaban J connectivity index is 1.54. The van der Waals surface area contributed by atoms with Gasteiger partial charge < -0.3 is 19.3 Å². The summed E-state index contributed by atoms with van der Waals surface area (Å²) in [4.78, 5) is 34.1. The zero-order chi connectivity index (χ0) is 21.1. The summed E-state index contributed by atoms with van der Waals surface area (Å²) in [6.07, 6.45) is 6.79. The van der Waals surface area contributed by atoms with E-state index in [4.69, 9.17) is 9.47 Å². The summed E-state index contributed by atoms with van der Waals surface area (Å²) < 4.78 is 10.7. The van der Waals surface area contributed by atoms with Crippen molar-refractivity contribution in [1.82, 2.24) is 9.88 Å². The number of aromatic nitrogens is 1. The number of hydrogen-bond acceptors (Lipinski definition) is 5. The zero-order valence-electron chi connectivity index (χ0n) is 17.4. The molecule has 2 fully saturated rings. The van der Waals surface area contributed by atoms with Crippen LogP contribution in [0.1, 0.15) is 37.3 Å².